The molecular formula is C22H29NO2. The number of nitrogens with zero attached hydrogens (tertiary/aromatic N) is 1. The maximum absolute atomic E-state index is 12.4. The number of aromatic nitrogens is 1. The van der Waals surface area contributed by atoms with Crippen molar-refractivity contribution in [2.75, 3.05) is 0 Å². The Morgan fingerprint density at radius 1 is 1.12 bits per heavy atom. The van der Waals surface area contributed by atoms with E-state index in [2.05, 4.69) is 24.0 Å². The van der Waals surface area contributed by atoms with Crippen molar-refractivity contribution < 1.29 is 9.53 Å². The average Bonchev–Trinajstić information content (AvgIpc) is 2.64. The first-order valence-corrected chi connectivity index (χ1v) is 9.25. The number of benzene rings is 1. The standard InChI is InChI=1S/C22H29NO2/c1-4-5-8-19(22(24)17(2)3)15-18-10-12-21(13-11-18)25-16-20-9-6-7-14-23-20/h6-7,9-14,17,19H,4-5,8,15-16H2,1-3H3. The van der Waals surface area contributed by atoms with E-state index in [-0.39, 0.29) is 11.8 Å². The summed E-state index contributed by atoms with van der Waals surface area (Å²) in [6.45, 7) is 6.63. The summed E-state index contributed by atoms with van der Waals surface area (Å²) in [7, 11) is 0. The van der Waals surface area contributed by atoms with E-state index in [0.717, 1.165) is 37.1 Å². The fraction of sp³-hybridized carbons (Fsp3) is 0.455. The van der Waals surface area contributed by atoms with Gasteiger partial charge >= 0.3 is 0 Å². The van der Waals surface area contributed by atoms with Crippen LogP contribution in [0.5, 0.6) is 5.75 Å². The van der Waals surface area contributed by atoms with E-state index in [0.29, 0.717) is 12.4 Å². The summed E-state index contributed by atoms with van der Waals surface area (Å²) in [5.74, 6) is 1.43. The molecule has 0 saturated carbocycles. The summed E-state index contributed by atoms with van der Waals surface area (Å²) in [6.07, 6.45) is 5.80. The Labute approximate surface area is 151 Å². The van der Waals surface area contributed by atoms with E-state index in [1.54, 1.807) is 6.20 Å². The third kappa shape index (κ3) is 6.33. The number of rotatable bonds is 10. The Morgan fingerprint density at radius 2 is 1.88 bits per heavy atom. The maximum Gasteiger partial charge on any atom is 0.138 e. The lowest BCUT2D eigenvalue weighted by molar-refractivity contribution is -0.126. The first-order chi connectivity index (χ1) is 12.1. The van der Waals surface area contributed by atoms with Gasteiger partial charge in [0.05, 0.1) is 5.69 Å². The summed E-state index contributed by atoms with van der Waals surface area (Å²) in [4.78, 5) is 16.7. The highest BCUT2D eigenvalue weighted by Gasteiger charge is 2.21. The zero-order valence-electron chi connectivity index (χ0n) is 15.6. The molecule has 0 aliphatic rings. The Bertz CT molecular complexity index is 635. The number of Topliss-reactive ketones (excluding diaryl/α,β-unsaturated/α-hetero) is 1. The summed E-state index contributed by atoms with van der Waals surface area (Å²) < 4.78 is 5.77. The minimum absolute atomic E-state index is 0.0998. The molecule has 0 aliphatic heterocycles. The Balaban J connectivity index is 1.94. The molecule has 2 rings (SSSR count). The first kappa shape index (κ1) is 19.2. The van der Waals surface area contributed by atoms with Crippen molar-refractivity contribution in [2.24, 2.45) is 11.8 Å². The predicted molar refractivity (Wildman–Crippen MR) is 102 cm³/mol. The molecule has 0 aliphatic carbocycles. The molecule has 1 unspecified atom stereocenters. The topological polar surface area (TPSA) is 39.2 Å². The minimum atomic E-state index is 0.0998. The van der Waals surface area contributed by atoms with Gasteiger partial charge in [-0.05, 0) is 42.7 Å². The molecule has 0 radical (unpaired) electrons. The molecular weight excluding hydrogens is 310 g/mol. The Morgan fingerprint density at radius 3 is 2.48 bits per heavy atom. The van der Waals surface area contributed by atoms with Crippen molar-refractivity contribution >= 4 is 5.78 Å². The highest BCUT2D eigenvalue weighted by atomic mass is 16.5. The second kappa shape index (κ2) is 9.97. The van der Waals surface area contributed by atoms with Gasteiger partial charge in [-0.1, -0.05) is 51.8 Å². The second-order valence-electron chi connectivity index (χ2n) is 6.85. The van der Waals surface area contributed by atoms with Crippen molar-refractivity contribution in [1.82, 2.24) is 4.98 Å². The van der Waals surface area contributed by atoms with Crippen LogP contribution in [0.1, 0.15) is 51.3 Å². The molecule has 25 heavy (non-hydrogen) atoms. The number of carbonyl (C=O) groups is 1. The summed E-state index contributed by atoms with van der Waals surface area (Å²) in [6, 6.07) is 13.9. The van der Waals surface area contributed by atoms with Crippen LogP contribution in [0.25, 0.3) is 0 Å². The molecule has 0 spiro atoms. The molecule has 1 aromatic carbocycles. The van der Waals surface area contributed by atoms with Gasteiger partial charge in [-0.3, -0.25) is 9.78 Å². The van der Waals surface area contributed by atoms with Gasteiger partial charge in [-0.2, -0.15) is 0 Å². The number of hydrogen-bond acceptors (Lipinski definition) is 3. The lowest BCUT2D eigenvalue weighted by atomic mass is 9.86. The highest BCUT2D eigenvalue weighted by molar-refractivity contribution is 5.83. The number of unbranched alkanes of at least 4 members (excludes halogenated alkanes) is 1. The molecule has 3 nitrogen and oxygen atoms in total. The number of pyridine rings is 1. The zero-order chi connectivity index (χ0) is 18.1. The van der Waals surface area contributed by atoms with Crippen LogP contribution in [-0.2, 0) is 17.8 Å². The van der Waals surface area contributed by atoms with E-state index in [1.807, 2.05) is 44.2 Å². The van der Waals surface area contributed by atoms with Crippen LogP contribution < -0.4 is 4.74 Å². The molecule has 0 saturated heterocycles. The SMILES string of the molecule is CCCCC(Cc1ccc(OCc2ccccn2)cc1)C(=O)C(C)C. The van der Waals surface area contributed by atoms with E-state index in [4.69, 9.17) is 4.74 Å². The van der Waals surface area contributed by atoms with Crippen LogP contribution in [-0.4, -0.2) is 10.8 Å². The van der Waals surface area contributed by atoms with Gasteiger partial charge in [0, 0.05) is 18.0 Å². The van der Waals surface area contributed by atoms with Gasteiger partial charge in [0.25, 0.3) is 0 Å². The van der Waals surface area contributed by atoms with Crippen LogP contribution in [0, 0.1) is 11.8 Å². The second-order valence-corrected chi connectivity index (χ2v) is 6.85. The minimum Gasteiger partial charge on any atom is -0.487 e. The predicted octanol–water partition coefficient (Wildman–Crippen LogP) is 5.23. The average molecular weight is 339 g/mol. The third-order valence-corrected chi connectivity index (χ3v) is 4.40. The summed E-state index contributed by atoms with van der Waals surface area (Å²) >= 11 is 0. The van der Waals surface area contributed by atoms with Crippen molar-refractivity contribution in [3.8, 4) is 5.75 Å². The monoisotopic (exact) mass is 339 g/mol. The molecule has 1 aromatic heterocycles. The van der Waals surface area contributed by atoms with E-state index >= 15 is 0 Å². The fourth-order valence-corrected chi connectivity index (χ4v) is 2.91. The number of ketones is 1. The van der Waals surface area contributed by atoms with Gasteiger partial charge < -0.3 is 4.74 Å². The molecule has 2 aromatic rings. The molecule has 1 atom stereocenters. The van der Waals surface area contributed by atoms with Gasteiger partial charge in [-0.15, -0.1) is 0 Å². The highest BCUT2D eigenvalue weighted by Crippen LogP contribution is 2.22. The Kier molecular flexibility index (Phi) is 7.65. The molecule has 0 amide bonds. The van der Waals surface area contributed by atoms with Crippen LogP contribution in [0.3, 0.4) is 0 Å². The van der Waals surface area contributed by atoms with Crippen molar-refractivity contribution in [2.45, 2.75) is 53.1 Å². The van der Waals surface area contributed by atoms with Gasteiger partial charge in [-0.25, -0.2) is 0 Å². The van der Waals surface area contributed by atoms with Gasteiger partial charge in [0.15, 0.2) is 0 Å². The fourth-order valence-electron chi connectivity index (χ4n) is 2.91. The van der Waals surface area contributed by atoms with Crippen LogP contribution >= 0.6 is 0 Å². The molecule has 134 valence electrons. The Hall–Kier alpha value is -2.16. The third-order valence-electron chi connectivity index (χ3n) is 4.40. The quantitative estimate of drug-likeness (QED) is 0.594. The van der Waals surface area contributed by atoms with Crippen LogP contribution in [0.15, 0.2) is 48.7 Å². The first-order valence-electron chi connectivity index (χ1n) is 9.25. The lowest BCUT2D eigenvalue weighted by Crippen LogP contribution is -2.22. The van der Waals surface area contributed by atoms with Crippen LogP contribution in [0.4, 0.5) is 0 Å². The molecule has 3 heteroatoms. The van der Waals surface area contributed by atoms with Gasteiger partial charge in [0.1, 0.15) is 18.1 Å². The largest absolute Gasteiger partial charge is 0.487 e. The summed E-state index contributed by atoms with van der Waals surface area (Å²) in [5, 5.41) is 0. The van der Waals surface area contributed by atoms with Gasteiger partial charge in [0.2, 0.25) is 0 Å². The zero-order valence-corrected chi connectivity index (χ0v) is 15.6. The van der Waals surface area contributed by atoms with Crippen molar-refractivity contribution in [1.29, 1.82) is 0 Å². The van der Waals surface area contributed by atoms with E-state index < -0.39 is 0 Å². The number of hydrogen-bond donors (Lipinski definition) is 0. The smallest absolute Gasteiger partial charge is 0.138 e. The maximum atomic E-state index is 12.4. The number of carbonyl (C=O) groups excluding carboxylic acids is 1. The molecule has 0 bridgehead atoms. The number of ether oxygens (including phenoxy) is 1. The molecule has 0 N–H and O–H groups in total. The summed E-state index contributed by atoms with van der Waals surface area (Å²) in [5.41, 5.74) is 2.11. The van der Waals surface area contributed by atoms with Crippen molar-refractivity contribution in [3.05, 3.63) is 59.9 Å². The van der Waals surface area contributed by atoms with Crippen LogP contribution in [0.2, 0.25) is 0 Å². The molecule has 1 heterocycles. The molecule has 0 fully saturated rings. The normalized spacial score (nSPS) is 12.2. The van der Waals surface area contributed by atoms with E-state index in [1.165, 1.54) is 5.56 Å². The van der Waals surface area contributed by atoms with Crippen molar-refractivity contribution in [3.63, 3.8) is 0 Å². The lowest BCUT2D eigenvalue weighted by Gasteiger charge is -2.18. The van der Waals surface area contributed by atoms with E-state index in [9.17, 15) is 4.79 Å².